The van der Waals surface area contributed by atoms with Crippen molar-refractivity contribution in [1.29, 1.82) is 0 Å². The summed E-state index contributed by atoms with van der Waals surface area (Å²) < 4.78 is 5.31. The molecule has 0 aliphatic rings. The fourth-order valence-electron chi connectivity index (χ4n) is 3.95. The van der Waals surface area contributed by atoms with Crippen LogP contribution in [0.15, 0.2) is 86.3 Å². The molecular weight excluding hydrogens is 474 g/mol. The summed E-state index contributed by atoms with van der Waals surface area (Å²) in [6, 6.07) is 20.0. The number of hydrogen-bond acceptors (Lipinski definition) is 5. The van der Waals surface area contributed by atoms with Gasteiger partial charge in [0, 0.05) is 12.4 Å². The van der Waals surface area contributed by atoms with Crippen LogP contribution in [0.4, 0.5) is 5.69 Å². The number of benzene rings is 2. The van der Waals surface area contributed by atoms with Gasteiger partial charge < -0.3 is 0 Å². The van der Waals surface area contributed by atoms with Crippen LogP contribution in [0.2, 0.25) is 0 Å². The Balaban J connectivity index is 1.68. The van der Waals surface area contributed by atoms with Gasteiger partial charge in [-0.25, -0.2) is 14.4 Å². The van der Waals surface area contributed by atoms with Gasteiger partial charge >= 0.3 is 0 Å². The molecule has 0 atom stereocenters. The maximum Gasteiger partial charge on any atom is 0.297 e. The van der Waals surface area contributed by atoms with Crippen LogP contribution in [0, 0.1) is 20.8 Å². The minimum absolute atomic E-state index is 0.160. The molecule has 3 aromatic heterocycles. The number of thiophene rings is 1. The first-order chi connectivity index (χ1) is 16.9. The van der Waals surface area contributed by atoms with Gasteiger partial charge in [-0.15, -0.1) is 22.7 Å². The Bertz CT molecular complexity index is 1650. The van der Waals surface area contributed by atoms with Crippen LogP contribution in [-0.4, -0.2) is 20.3 Å². The van der Waals surface area contributed by atoms with Crippen molar-refractivity contribution >= 4 is 34.6 Å². The van der Waals surface area contributed by atoms with Crippen molar-refractivity contribution in [2.24, 2.45) is 17.1 Å². The van der Waals surface area contributed by atoms with E-state index in [9.17, 15) is 4.79 Å². The number of para-hydroxylation sites is 1. The van der Waals surface area contributed by atoms with Gasteiger partial charge in [0.1, 0.15) is 0 Å². The highest BCUT2D eigenvalue weighted by Gasteiger charge is 2.17. The Labute approximate surface area is 211 Å². The molecule has 3 heterocycles. The number of rotatable bonds is 5. The summed E-state index contributed by atoms with van der Waals surface area (Å²) >= 11 is 3.12. The molecule has 0 fully saturated rings. The molecule has 6 nitrogen and oxygen atoms in total. The number of aromatic nitrogens is 3. The number of aryl methyl sites for hydroxylation is 2. The molecule has 0 radical (unpaired) electrons. The van der Waals surface area contributed by atoms with Gasteiger partial charge in [0.15, 0.2) is 5.69 Å². The third-order valence-corrected chi connectivity index (χ3v) is 7.64. The van der Waals surface area contributed by atoms with E-state index < -0.39 is 0 Å². The predicted octanol–water partition coefficient (Wildman–Crippen LogP) is 5.81. The lowest BCUT2D eigenvalue weighted by Crippen LogP contribution is -2.19. The molecule has 0 saturated carbocycles. The molecule has 35 heavy (non-hydrogen) atoms. The fourth-order valence-corrected chi connectivity index (χ4v) is 5.59. The first-order valence-corrected chi connectivity index (χ1v) is 12.9. The van der Waals surface area contributed by atoms with Crippen LogP contribution in [0.5, 0.6) is 0 Å². The molecule has 0 aliphatic carbocycles. The maximum absolute atomic E-state index is 13.4. The molecule has 8 heteroatoms. The molecule has 176 valence electrons. The normalized spacial score (nSPS) is 12.2. The summed E-state index contributed by atoms with van der Waals surface area (Å²) in [5, 5.41) is 8.91. The van der Waals surface area contributed by atoms with Crippen molar-refractivity contribution in [3.63, 3.8) is 0 Å². The molecule has 0 aliphatic heterocycles. The second kappa shape index (κ2) is 9.48. The minimum Gasteiger partial charge on any atom is -0.283 e. The Morgan fingerprint density at radius 3 is 2.46 bits per heavy atom. The van der Waals surface area contributed by atoms with Gasteiger partial charge in [0.05, 0.1) is 28.2 Å². The van der Waals surface area contributed by atoms with E-state index in [1.54, 1.807) is 16.0 Å². The van der Waals surface area contributed by atoms with E-state index in [1.807, 2.05) is 76.7 Å². The van der Waals surface area contributed by atoms with Gasteiger partial charge in [0.25, 0.3) is 5.56 Å². The van der Waals surface area contributed by atoms with E-state index in [2.05, 4.69) is 38.1 Å². The summed E-state index contributed by atoms with van der Waals surface area (Å²) in [6.45, 7) is 6.08. The van der Waals surface area contributed by atoms with E-state index in [0.29, 0.717) is 10.5 Å². The molecular formula is C27H25N5OS2. The van der Waals surface area contributed by atoms with Gasteiger partial charge in [-0.1, -0.05) is 48.0 Å². The van der Waals surface area contributed by atoms with E-state index >= 15 is 0 Å². The van der Waals surface area contributed by atoms with Crippen molar-refractivity contribution in [3.8, 4) is 16.3 Å². The molecule has 5 aromatic rings. The Kier molecular flexibility index (Phi) is 6.23. The first kappa shape index (κ1) is 23.0. The highest BCUT2D eigenvalue weighted by atomic mass is 32.1. The standard InChI is InChI=1S/C27H25N5OS2/c1-18-12-13-21(19(2)15-18)16-28-31-23(24-11-8-14-34-24)17-35-27(31)29-25-20(3)30(4)32(26(25)33)22-9-6-5-7-10-22/h5-17H,1-4H3. The molecule has 0 spiro atoms. The molecule has 0 bridgehead atoms. The average molecular weight is 500 g/mol. The lowest BCUT2D eigenvalue weighted by atomic mass is 10.1. The third-order valence-electron chi connectivity index (χ3n) is 5.93. The van der Waals surface area contributed by atoms with Crippen molar-refractivity contribution in [1.82, 2.24) is 14.0 Å². The average Bonchev–Trinajstić information content (AvgIpc) is 3.56. The van der Waals surface area contributed by atoms with Crippen LogP contribution < -0.4 is 10.4 Å². The number of nitrogens with zero attached hydrogens (tertiary/aromatic N) is 5. The molecule has 0 N–H and O–H groups in total. The van der Waals surface area contributed by atoms with Gasteiger partial charge in [-0.2, -0.15) is 5.10 Å². The first-order valence-electron chi connectivity index (χ1n) is 11.2. The number of hydrogen-bond donors (Lipinski definition) is 0. The maximum atomic E-state index is 13.4. The molecule has 0 amide bonds. The summed E-state index contributed by atoms with van der Waals surface area (Å²) in [5.74, 6) is 0. The zero-order chi connectivity index (χ0) is 24.5. The SMILES string of the molecule is Cc1ccc(C=Nn2c(-c3cccs3)csc2=Nc2c(C)n(C)n(-c3ccccc3)c2=O)c(C)c1. The van der Waals surface area contributed by atoms with Crippen LogP contribution in [0.1, 0.15) is 22.4 Å². The topological polar surface area (TPSA) is 56.6 Å². The summed E-state index contributed by atoms with van der Waals surface area (Å²) in [7, 11) is 1.88. The van der Waals surface area contributed by atoms with Crippen LogP contribution in [0.25, 0.3) is 16.3 Å². The van der Waals surface area contributed by atoms with Crippen LogP contribution >= 0.6 is 22.7 Å². The molecule has 0 saturated heterocycles. The van der Waals surface area contributed by atoms with Crippen molar-refractivity contribution < 1.29 is 0 Å². The fraction of sp³-hybridized carbons (Fsp3) is 0.148. The molecule has 2 aromatic carbocycles. The second-order valence-corrected chi connectivity index (χ2v) is 10.1. The smallest absolute Gasteiger partial charge is 0.283 e. The van der Waals surface area contributed by atoms with Crippen LogP contribution in [0.3, 0.4) is 0 Å². The lowest BCUT2D eigenvalue weighted by molar-refractivity contribution is 0.630. The number of thiazole rings is 1. The summed E-state index contributed by atoms with van der Waals surface area (Å²) in [6.07, 6.45) is 1.86. The summed E-state index contributed by atoms with van der Waals surface area (Å²) in [5.41, 5.74) is 6.20. The lowest BCUT2D eigenvalue weighted by Gasteiger charge is -2.07. The van der Waals surface area contributed by atoms with Gasteiger partial charge in [0.2, 0.25) is 4.80 Å². The minimum atomic E-state index is -0.160. The van der Waals surface area contributed by atoms with E-state index in [0.717, 1.165) is 33.1 Å². The quantitative estimate of drug-likeness (QED) is 0.282. The second-order valence-electron chi connectivity index (χ2n) is 8.32. The van der Waals surface area contributed by atoms with E-state index in [4.69, 9.17) is 10.1 Å². The Morgan fingerprint density at radius 1 is 0.943 bits per heavy atom. The predicted molar refractivity (Wildman–Crippen MR) is 145 cm³/mol. The Morgan fingerprint density at radius 2 is 1.74 bits per heavy atom. The van der Waals surface area contributed by atoms with Gasteiger partial charge in [-0.05, 0) is 55.5 Å². The monoisotopic (exact) mass is 499 g/mol. The molecule has 0 unspecified atom stereocenters. The third kappa shape index (κ3) is 4.38. The van der Waals surface area contributed by atoms with Crippen molar-refractivity contribution in [2.75, 3.05) is 0 Å². The Hall–Kier alpha value is -3.75. The van der Waals surface area contributed by atoms with Gasteiger partial charge in [-0.3, -0.25) is 9.48 Å². The highest BCUT2D eigenvalue weighted by Crippen LogP contribution is 2.26. The van der Waals surface area contributed by atoms with E-state index in [-0.39, 0.29) is 5.56 Å². The van der Waals surface area contributed by atoms with Crippen LogP contribution in [-0.2, 0) is 7.05 Å². The zero-order valence-corrected chi connectivity index (χ0v) is 21.6. The largest absolute Gasteiger partial charge is 0.297 e. The summed E-state index contributed by atoms with van der Waals surface area (Å²) in [4.78, 5) is 20.0. The zero-order valence-electron chi connectivity index (χ0n) is 20.0. The molecule has 5 rings (SSSR count). The van der Waals surface area contributed by atoms with E-state index in [1.165, 1.54) is 16.9 Å². The van der Waals surface area contributed by atoms with Crippen molar-refractivity contribution in [3.05, 3.63) is 109 Å². The van der Waals surface area contributed by atoms with Crippen molar-refractivity contribution in [2.45, 2.75) is 20.8 Å². The highest BCUT2D eigenvalue weighted by molar-refractivity contribution is 7.14.